The van der Waals surface area contributed by atoms with Gasteiger partial charge in [0.25, 0.3) is 5.56 Å². The lowest BCUT2D eigenvalue weighted by Crippen LogP contribution is -2.31. The fourth-order valence-electron chi connectivity index (χ4n) is 3.83. The van der Waals surface area contributed by atoms with Crippen LogP contribution >= 0.6 is 0 Å². The molecule has 1 unspecified atom stereocenters. The van der Waals surface area contributed by atoms with E-state index in [1.807, 2.05) is 48.9 Å². The quantitative estimate of drug-likeness (QED) is 0.699. The van der Waals surface area contributed by atoms with E-state index in [1.54, 1.807) is 6.20 Å². The number of hydrazine groups is 1. The summed E-state index contributed by atoms with van der Waals surface area (Å²) in [6.45, 7) is 4.59. The van der Waals surface area contributed by atoms with Crippen LogP contribution in [0.25, 0.3) is 22.2 Å². The van der Waals surface area contributed by atoms with E-state index in [0.29, 0.717) is 17.7 Å². The number of pyridine rings is 1. The highest BCUT2D eigenvalue weighted by atomic mass is 19.4. The molecule has 1 aliphatic rings. The second-order valence-corrected chi connectivity index (χ2v) is 7.17. The molecule has 1 aliphatic heterocycles. The van der Waals surface area contributed by atoms with Crippen LogP contribution in [0.15, 0.2) is 53.7 Å². The highest BCUT2D eigenvalue weighted by Crippen LogP contribution is 2.30. The first-order valence-corrected chi connectivity index (χ1v) is 9.49. The third-order valence-electron chi connectivity index (χ3n) is 5.13. The Morgan fingerprint density at radius 3 is 2.43 bits per heavy atom. The maximum absolute atomic E-state index is 13.3. The summed E-state index contributed by atoms with van der Waals surface area (Å²) >= 11 is 0. The van der Waals surface area contributed by atoms with Crippen LogP contribution in [-0.4, -0.2) is 33.6 Å². The second kappa shape index (κ2) is 7.24. The van der Waals surface area contributed by atoms with Crippen molar-refractivity contribution < 1.29 is 17.9 Å². The molecule has 0 amide bonds. The Labute approximate surface area is 170 Å². The molecule has 1 atom stereocenters. The number of benzene rings is 1. The maximum Gasteiger partial charge on any atom is 0.573 e. The largest absolute Gasteiger partial charge is 0.573 e. The van der Waals surface area contributed by atoms with Gasteiger partial charge in [-0.05, 0) is 49.8 Å². The minimum Gasteiger partial charge on any atom is -0.406 e. The Kier molecular flexibility index (Phi) is 4.85. The molecule has 158 valence electrons. The second-order valence-electron chi connectivity index (χ2n) is 7.17. The molecule has 30 heavy (non-hydrogen) atoms. The van der Waals surface area contributed by atoms with Crippen molar-refractivity contribution in [2.75, 3.05) is 7.05 Å². The highest BCUT2D eigenvalue weighted by molar-refractivity contribution is 5.93. The molecule has 2 aromatic heterocycles. The summed E-state index contributed by atoms with van der Waals surface area (Å²) in [5.41, 5.74) is 5.94. The molecule has 0 aliphatic carbocycles. The van der Waals surface area contributed by atoms with E-state index in [2.05, 4.69) is 10.2 Å². The van der Waals surface area contributed by atoms with Gasteiger partial charge in [0.05, 0.1) is 6.04 Å². The zero-order valence-corrected chi connectivity index (χ0v) is 16.7. The third-order valence-corrected chi connectivity index (χ3v) is 5.13. The number of halogens is 3. The van der Waals surface area contributed by atoms with Gasteiger partial charge in [0, 0.05) is 48.8 Å². The fourth-order valence-corrected chi connectivity index (χ4v) is 3.83. The van der Waals surface area contributed by atoms with Crippen molar-refractivity contribution in [1.29, 1.82) is 0 Å². The van der Waals surface area contributed by atoms with E-state index in [9.17, 15) is 18.0 Å². The Morgan fingerprint density at radius 1 is 1.17 bits per heavy atom. The van der Waals surface area contributed by atoms with E-state index >= 15 is 0 Å². The van der Waals surface area contributed by atoms with Crippen LogP contribution in [0, 0.1) is 0 Å². The Hall–Kier alpha value is -3.20. The van der Waals surface area contributed by atoms with E-state index < -0.39 is 6.36 Å². The molecular weight excluding hydrogens is 397 g/mol. The summed E-state index contributed by atoms with van der Waals surface area (Å²) < 4.78 is 44.6. The van der Waals surface area contributed by atoms with E-state index in [1.165, 1.54) is 28.8 Å². The van der Waals surface area contributed by atoms with Crippen LogP contribution in [0.5, 0.6) is 5.75 Å². The molecule has 0 bridgehead atoms. The lowest BCUT2D eigenvalue weighted by atomic mass is 10.00. The molecule has 4 rings (SSSR count). The number of nitrogens with one attached hydrogen (secondary N) is 1. The molecule has 1 N–H and O–H groups in total. The zero-order valence-electron chi connectivity index (χ0n) is 16.7. The highest BCUT2D eigenvalue weighted by Gasteiger charge is 2.31. The number of rotatable bonds is 4. The van der Waals surface area contributed by atoms with E-state index in [4.69, 9.17) is 0 Å². The Bertz CT molecular complexity index is 1180. The average Bonchev–Trinajstić information content (AvgIpc) is 3.25. The monoisotopic (exact) mass is 418 g/mol. The van der Waals surface area contributed by atoms with Crippen molar-refractivity contribution >= 4 is 16.5 Å². The summed E-state index contributed by atoms with van der Waals surface area (Å²) in [6.07, 6.45) is 0.819. The van der Waals surface area contributed by atoms with Gasteiger partial charge in [-0.15, -0.1) is 13.2 Å². The number of hydrogen-bond donors (Lipinski definition) is 1. The van der Waals surface area contributed by atoms with Gasteiger partial charge in [0.1, 0.15) is 11.3 Å². The van der Waals surface area contributed by atoms with Crippen molar-refractivity contribution in [2.24, 2.45) is 0 Å². The first-order valence-electron chi connectivity index (χ1n) is 9.49. The lowest BCUT2D eigenvalue weighted by Gasteiger charge is -2.16. The predicted molar refractivity (Wildman–Crippen MR) is 108 cm³/mol. The number of nitrogens with zero attached hydrogens (tertiary/aromatic N) is 3. The number of ether oxygens (including phenoxy) is 1. The standard InChI is InChI=1S/C21H21F3N4O2/c1-4-27-10-9-16-18(17-11-26(3)25-13(17)2)12-28(20(29)19(16)27)14-5-7-15(8-6-14)30-21(22,23)24/h5-13,25H,4H2,1-3H3. The molecule has 0 radical (unpaired) electrons. The Balaban J connectivity index is 1.89. The third kappa shape index (κ3) is 3.56. The van der Waals surface area contributed by atoms with Crippen LogP contribution in [0.3, 0.4) is 0 Å². The number of fused-ring (bicyclic) bond motifs is 1. The molecule has 3 aromatic rings. The van der Waals surface area contributed by atoms with Crippen molar-refractivity contribution in [2.45, 2.75) is 32.8 Å². The minimum absolute atomic E-state index is 0.0386. The van der Waals surface area contributed by atoms with Crippen LogP contribution in [-0.2, 0) is 6.54 Å². The van der Waals surface area contributed by atoms with Gasteiger partial charge in [-0.2, -0.15) is 0 Å². The van der Waals surface area contributed by atoms with Gasteiger partial charge in [-0.1, -0.05) is 0 Å². The number of alkyl halides is 3. The maximum atomic E-state index is 13.3. The predicted octanol–water partition coefficient (Wildman–Crippen LogP) is 3.89. The van der Waals surface area contributed by atoms with Gasteiger partial charge < -0.3 is 14.3 Å². The summed E-state index contributed by atoms with van der Waals surface area (Å²) in [5.74, 6) is -0.338. The molecule has 0 saturated carbocycles. The SMILES string of the molecule is CCn1ccc2c(C3=CN(C)NC3C)cn(-c3ccc(OC(F)(F)F)cc3)c(=O)c21. The van der Waals surface area contributed by atoms with Crippen LogP contribution in [0.4, 0.5) is 13.2 Å². The topological polar surface area (TPSA) is 51.4 Å². The molecule has 3 heterocycles. The van der Waals surface area contributed by atoms with Crippen LogP contribution in [0.1, 0.15) is 19.4 Å². The van der Waals surface area contributed by atoms with E-state index in [-0.39, 0.29) is 17.4 Å². The van der Waals surface area contributed by atoms with Crippen molar-refractivity contribution in [1.82, 2.24) is 19.6 Å². The van der Waals surface area contributed by atoms with Gasteiger partial charge in [0.2, 0.25) is 0 Å². The summed E-state index contributed by atoms with van der Waals surface area (Å²) in [6, 6.07) is 7.24. The average molecular weight is 418 g/mol. The Morgan fingerprint density at radius 2 is 1.87 bits per heavy atom. The fraction of sp³-hybridized carbons (Fsp3) is 0.286. The first-order chi connectivity index (χ1) is 14.2. The van der Waals surface area contributed by atoms with Gasteiger partial charge >= 0.3 is 6.36 Å². The van der Waals surface area contributed by atoms with E-state index in [0.717, 1.165) is 16.5 Å². The zero-order chi connectivity index (χ0) is 21.6. The summed E-state index contributed by atoms with van der Waals surface area (Å²) in [4.78, 5) is 13.3. The van der Waals surface area contributed by atoms with Gasteiger partial charge in [0.15, 0.2) is 0 Å². The van der Waals surface area contributed by atoms with Crippen molar-refractivity contribution in [3.05, 3.63) is 64.8 Å². The van der Waals surface area contributed by atoms with Crippen LogP contribution in [0.2, 0.25) is 0 Å². The molecule has 0 fully saturated rings. The summed E-state index contributed by atoms with van der Waals surface area (Å²) in [5, 5.41) is 2.70. The molecule has 0 spiro atoms. The molecular formula is C21H21F3N4O2. The normalized spacial score (nSPS) is 16.9. The number of aromatic nitrogens is 2. The number of aryl methyl sites for hydroxylation is 1. The molecule has 6 nitrogen and oxygen atoms in total. The summed E-state index contributed by atoms with van der Waals surface area (Å²) in [7, 11) is 1.90. The van der Waals surface area contributed by atoms with Crippen molar-refractivity contribution in [3.8, 4) is 11.4 Å². The van der Waals surface area contributed by atoms with Gasteiger partial charge in [-0.3, -0.25) is 9.36 Å². The molecule has 9 heteroatoms. The lowest BCUT2D eigenvalue weighted by molar-refractivity contribution is -0.274. The van der Waals surface area contributed by atoms with Gasteiger partial charge in [-0.25, -0.2) is 5.43 Å². The molecule has 0 saturated heterocycles. The minimum atomic E-state index is -4.77. The molecule has 1 aromatic carbocycles. The number of hydrogen-bond acceptors (Lipinski definition) is 4. The van der Waals surface area contributed by atoms with Crippen LogP contribution < -0.4 is 15.7 Å². The van der Waals surface area contributed by atoms with Crippen molar-refractivity contribution in [3.63, 3.8) is 0 Å². The smallest absolute Gasteiger partial charge is 0.406 e. The first kappa shape index (κ1) is 20.1.